The molecular weight excluding hydrogens is 112 g/mol. The average molecular weight is 118 g/mol. The van der Waals surface area contributed by atoms with Gasteiger partial charge in [0.2, 0.25) is 0 Å². The van der Waals surface area contributed by atoms with Gasteiger partial charge in [-0.1, -0.05) is 0 Å². The van der Waals surface area contributed by atoms with Gasteiger partial charge in [0.25, 0.3) is 0 Å². The van der Waals surface area contributed by atoms with Crippen molar-refractivity contribution in [2.45, 2.75) is 0 Å². The predicted molar refractivity (Wildman–Crippen MR) is 29.0 cm³/mol. The minimum atomic E-state index is -0.658. The Morgan fingerprint density at radius 3 is 2.25 bits per heavy atom. The van der Waals surface area contributed by atoms with E-state index in [1.807, 2.05) is 5.53 Å². The summed E-state index contributed by atoms with van der Waals surface area (Å²) >= 11 is 0. The quantitative estimate of drug-likeness (QED) is 0.389. The first-order valence-corrected chi connectivity index (χ1v) is 1.78. The summed E-state index contributed by atoms with van der Waals surface area (Å²) in [5.74, 6) is 0. The summed E-state index contributed by atoms with van der Waals surface area (Å²) < 4.78 is 0. The zero-order valence-corrected chi connectivity index (χ0v) is 4.37. The lowest BCUT2D eigenvalue weighted by atomic mass is 11.4. The normalized spacial score (nSPS) is 10.1. The Morgan fingerprint density at radius 2 is 2.12 bits per heavy atom. The third kappa shape index (κ3) is 2.48. The van der Waals surface area contributed by atoms with Crippen molar-refractivity contribution >= 4 is 6.72 Å². The second kappa shape index (κ2) is 3.33. The van der Waals surface area contributed by atoms with Gasteiger partial charge in [-0.05, 0) is 0 Å². The largest absolute Gasteiger partial charge is 0.782 e. The topological polar surface area (TPSA) is 77.0 Å². The van der Waals surface area contributed by atoms with Crippen molar-refractivity contribution in [3.8, 4) is 0 Å². The lowest BCUT2D eigenvalue weighted by molar-refractivity contribution is 0.0435. The van der Waals surface area contributed by atoms with Gasteiger partial charge in [0.15, 0.2) is 0 Å². The van der Waals surface area contributed by atoms with E-state index < -0.39 is 5.34 Å². The highest BCUT2D eigenvalue weighted by Crippen LogP contribution is 1.79. The van der Waals surface area contributed by atoms with Gasteiger partial charge in [-0.2, -0.15) is 10.2 Å². The fraction of sp³-hybridized carbons (Fsp3) is 0.500. The molecule has 8 heavy (non-hydrogen) atoms. The standard InChI is InChI=1S/C2H6N4O2/c1-3-4-5(2)6(7)8/h4H,1H2,2H3/q-2. The number of hydrazine groups is 2. The van der Waals surface area contributed by atoms with Crippen LogP contribution in [0.4, 0.5) is 0 Å². The molecule has 0 aromatic rings. The molecule has 6 nitrogen and oxygen atoms in total. The summed E-state index contributed by atoms with van der Waals surface area (Å²) in [5.41, 5.74) is 1.99. The van der Waals surface area contributed by atoms with E-state index in [1.165, 1.54) is 7.05 Å². The Morgan fingerprint density at radius 1 is 1.62 bits per heavy atom. The van der Waals surface area contributed by atoms with Crippen LogP contribution in [0.3, 0.4) is 0 Å². The van der Waals surface area contributed by atoms with Crippen LogP contribution in [-0.2, 0) is 0 Å². The molecule has 0 saturated heterocycles. The maximum atomic E-state index is 9.67. The molecule has 1 N–H and O–H groups in total. The smallest absolute Gasteiger partial charge is 0.0222 e. The van der Waals surface area contributed by atoms with Crippen LogP contribution >= 0.6 is 0 Å². The maximum Gasteiger partial charge on any atom is 0.0222 e. The second-order valence-electron chi connectivity index (χ2n) is 1.02. The van der Waals surface area contributed by atoms with Gasteiger partial charge in [0, 0.05) is 13.8 Å². The Bertz CT molecular complexity index is 74.4. The molecule has 0 unspecified atom stereocenters. The summed E-state index contributed by atoms with van der Waals surface area (Å²) in [6, 6.07) is 0. The molecule has 0 fully saturated rings. The number of hydrogen-bond acceptors (Lipinski definition) is 6. The molecule has 0 aliphatic carbocycles. The molecular formula is C2H6N4O2-2. The lowest BCUT2D eigenvalue weighted by Crippen LogP contribution is -2.38. The molecule has 0 rings (SSSR count). The van der Waals surface area contributed by atoms with Gasteiger partial charge in [-0.3, -0.25) is 0 Å². The van der Waals surface area contributed by atoms with E-state index >= 15 is 0 Å². The zero-order valence-electron chi connectivity index (χ0n) is 4.37. The highest BCUT2D eigenvalue weighted by molar-refractivity contribution is 5.22. The highest BCUT2D eigenvalue weighted by Gasteiger charge is 1.80. The summed E-state index contributed by atoms with van der Waals surface area (Å²) in [4.78, 5) is 0. The molecule has 0 heterocycles. The van der Waals surface area contributed by atoms with E-state index in [0.29, 0.717) is 5.12 Å². The third-order valence-electron chi connectivity index (χ3n) is 0.460. The van der Waals surface area contributed by atoms with E-state index in [1.54, 1.807) is 0 Å². The molecule has 0 aromatic carbocycles. The summed E-state index contributed by atoms with van der Waals surface area (Å²) in [6.45, 7) is 2.98. The van der Waals surface area contributed by atoms with Crippen LogP contribution in [-0.4, -0.2) is 24.2 Å². The van der Waals surface area contributed by atoms with Crippen molar-refractivity contribution in [3.63, 3.8) is 0 Å². The molecule has 0 amide bonds. The minimum absolute atomic E-state index is 0.590. The Hall–Kier alpha value is -0.690. The fourth-order valence-corrected chi connectivity index (χ4v) is 0.139. The van der Waals surface area contributed by atoms with E-state index in [-0.39, 0.29) is 0 Å². The SMILES string of the molecule is C=NNN(C)N([O-])[O-]. The van der Waals surface area contributed by atoms with E-state index in [9.17, 15) is 10.4 Å². The lowest BCUT2D eigenvalue weighted by Gasteiger charge is -2.41. The Kier molecular flexibility index (Phi) is 3.04. The van der Waals surface area contributed by atoms with Gasteiger partial charge in [0.05, 0.1) is 0 Å². The predicted octanol–water partition coefficient (Wildman–Crippen LogP) is -0.749. The van der Waals surface area contributed by atoms with E-state index in [4.69, 9.17) is 0 Å². The third-order valence-corrected chi connectivity index (χ3v) is 0.460. The first kappa shape index (κ1) is 7.31. The molecule has 6 heteroatoms. The van der Waals surface area contributed by atoms with Gasteiger partial charge in [0.1, 0.15) is 0 Å². The molecule has 48 valence electrons. The van der Waals surface area contributed by atoms with Crippen molar-refractivity contribution in [2.24, 2.45) is 5.10 Å². The number of hydrazone groups is 1. The monoisotopic (exact) mass is 118 g/mol. The van der Waals surface area contributed by atoms with Crippen LogP contribution in [0.1, 0.15) is 0 Å². The van der Waals surface area contributed by atoms with Gasteiger partial charge in [-0.25, -0.2) is 5.53 Å². The van der Waals surface area contributed by atoms with Crippen LogP contribution in [0, 0.1) is 10.4 Å². The van der Waals surface area contributed by atoms with E-state index in [2.05, 4.69) is 11.8 Å². The van der Waals surface area contributed by atoms with Crippen molar-refractivity contribution in [1.29, 1.82) is 0 Å². The van der Waals surface area contributed by atoms with Crippen LogP contribution < -0.4 is 5.53 Å². The first-order chi connectivity index (χ1) is 3.68. The Labute approximate surface area is 46.5 Å². The Balaban J connectivity index is 3.30. The second-order valence-corrected chi connectivity index (χ2v) is 1.02. The molecule has 0 aliphatic rings. The summed E-state index contributed by atoms with van der Waals surface area (Å²) in [5, 5.41) is 22.3. The van der Waals surface area contributed by atoms with Gasteiger partial charge in [-0.15, -0.1) is 0 Å². The van der Waals surface area contributed by atoms with Crippen molar-refractivity contribution in [2.75, 3.05) is 7.05 Å². The van der Waals surface area contributed by atoms with Crippen molar-refractivity contribution in [1.82, 2.24) is 16.0 Å². The summed E-state index contributed by atoms with van der Waals surface area (Å²) in [6.07, 6.45) is 0. The summed E-state index contributed by atoms with van der Waals surface area (Å²) in [7, 11) is 1.22. The molecule has 0 aromatic heterocycles. The van der Waals surface area contributed by atoms with Crippen LogP contribution in [0.25, 0.3) is 0 Å². The molecule has 0 saturated carbocycles. The average Bonchev–Trinajstić information content (AvgIpc) is 1.67. The molecule has 0 aliphatic heterocycles. The van der Waals surface area contributed by atoms with Crippen LogP contribution in [0.5, 0.6) is 0 Å². The molecule has 0 radical (unpaired) electrons. The number of rotatable bonds is 3. The van der Waals surface area contributed by atoms with Crippen molar-refractivity contribution < 1.29 is 0 Å². The molecule has 0 spiro atoms. The van der Waals surface area contributed by atoms with E-state index in [0.717, 1.165) is 0 Å². The van der Waals surface area contributed by atoms with Crippen LogP contribution in [0.2, 0.25) is 0 Å². The molecule has 0 atom stereocenters. The number of nitrogens with one attached hydrogen (secondary N) is 1. The number of hydrogen-bond donors (Lipinski definition) is 1. The maximum absolute atomic E-state index is 9.67. The highest BCUT2D eigenvalue weighted by atomic mass is 16.8. The minimum Gasteiger partial charge on any atom is -0.782 e. The van der Waals surface area contributed by atoms with Gasteiger partial charge < -0.3 is 15.8 Å². The molecule has 0 bridgehead atoms. The van der Waals surface area contributed by atoms with Crippen molar-refractivity contribution in [3.05, 3.63) is 10.4 Å². The van der Waals surface area contributed by atoms with Crippen LogP contribution in [0.15, 0.2) is 5.10 Å². The first-order valence-electron chi connectivity index (χ1n) is 1.78. The zero-order chi connectivity index (χ0) is 6.57. The van der Waals surface area contributed by atoms with Gasteiger partial charge >= 0.3 is 0 Å². The number of nitrogens with zero attached hydrogens (tertiary/aromatic N) is 3. The fourth-order valence-electron chi connectivity index (χ4n) is 0.139.